The number of nitrogens with one attached hydrogen (secondary N) is 1. The molecule has 4 heteroatoms. The molecule has 0 spiro atoms. The highest BCUT2D eigenvalue weighted by Gasteiger charge is 2.38. The highest BCUT2D eigenvalue weighted by Crippen LogP contribution is 2.24. The van der Waals surface area contributed by atoms with Crippen LogP contribution in [0.3, 0.4) is 0 Å². The molecule has 0 aromatic rings. The Hall–Kier alpha value is -0.630. The van der Waals surface area contributed by atoms with Crippen LogP contribution >= 0.6 is 0 Å². The summed E-state index contributed by atoms with van der Waals surface area (Å²) in [6.07, 6.45) is 0.551. The zero-order chi connectivity index (χ0) is 10.6. The molecule has 14 heavy (non-hydrogen) atoms. The minimum Gasteiger partial charge on any atom is -0.386 e. The van der Waals surface area contributed by atoms with E-state index in [9.17, 15) is 5.11 Å². The van der Waals surface area contributed by atoms with Crippen molar-refractivity contribution >= 4 is 0 Å². The molecule has 1 heterocycles. The van der Waals surface area contributed by atoms with Crippen molar-refractivity contribution in [2.75, 3.05) is 19.7 Å². The minimum absolute atomic E-state index is 0.0174. The molecule has 0 aliphatic carbocycles. The van der Waals surface area contributed by atoms with Crippen LogP contribution in [-0.4, -0.2) is 36.5 Å². The monoisotopic (exact) mass is 198 g/mol. The first-order chi connectivity index (χ1) is 6.58. The van der Waals surface area contributed by atoms with Crippen LogP contribution in [0.25, 0.3) is 0 Å². The molecule has 0 aromatic carbocycles. The average molecular weight is 198 g/mol. The summed E-state index contributed by atoms with van der Waals surface area (Å²) in [5, 5.41) is 21.7. The first-order valence-corrected chi connectivity index (χ1v) is 5.03. The molecule has 0 radical (unpaired) electrons. The van der Waals surface area contributed by atoms with Crippen molar-refractivity contribution in [1.82, 2.24) is 5.32 Å². The molecule has 0 saturated carbocycles. The van der Waals surface area contributed by atoms with Gasteiger partial charge in [-0.15, -0.1) is 0 Å². The van der Waals surface area contributed by atoms with Crippen LogP contribution in [0.5, 0.6) is 0 Å². The Labute approximate surface area is 84.9 Å². The van der Waals surface area contributed by atoms with Gasteiger partial charge in [0.05, 0.1) is 18.1 Å². The van der Waals surface area contributed by atoms with Gasteiger partial charge < -0.3 is 15.2 Å². The molecule has 1 aliphatic heterocycles. The van der Waals surface area contributed by atoms with Crippen molar-refractivity contribution in [3.05, 3.63) is 0 Å². The molecule has 0 aromatic heterocycles. The van der Waals surface area contributed by atoms with Gasteiger partial charge in [0.25, 0.3) is 0 Å². The maximum Gasteiger partial charge on any atom is 0.105 e. The Morgan fingerprint density at radius 1 is 1.79 bits per heavy atom. The van der Waals surface area contributed by atoms with Crippen molar-refractivity contribution in [1.29, 1.82) is 5.26 Å². The van der Waals surface area contributed by atoms with E-state index in [-0.39, 0.29) is 12.0 Å². The van der Waals surface area contributed by atoms with Gasteiger partial charge in [-0.2, -0.15) is 5.26 Å². The van der Waals surface area contributed by atoms with Gasteiger partial charge >= 0.3 is 0 Å². The van der Waals surface area contributed by atoms with Gasteiger partial charge in [-0.3, -0.25) is 0 Å². The van der Waals surface area contributed by atoms with Crippen molar-refractivity contribution < 1.29 is 9.84 Å². The topological polar surface area (TPSA) is 65.3 Å². The van der Waals surface area contributed by atoms with Gasteiger partial charge in [0.1, 0.15) is 5.60 Å². The van der Waals surface area contributed by atoms with Crippen LogP contribution in [0.4, 0.5) is 0 Å². The number of aliphatic hydroxyl groups is 1. The van der Waals surface area contributed by atoms with Crippen LogP contribution in [0, 0.1) is 17.2 Å². The lowest BCUT2D eigenvalue weighted by Crippen LogP contribution is -2.46. The summed E-state index contributed by atoms with van der Waals surface area (Å²) >= 11 is 0. The van der Waals surface area contributed by atoms with Crippen LogP contribution in [0.2, 0.25) is 0 Å². The van der Waals surface area contributed by atoms with Crippen molar-refractivity contribution in [2.45, 2.75) is 32.0 Å². The summed E-state index contributed by atoms with van der Waals surface area (Å²) in [6.45, 7) is 5.47. The summed E-state index contributed by atoms with van der Waals surface area (Å²) in [5.41, 5.74) is -0.755. The van der Waals surface area contributed by atoms with Gasteiger partial charge in [-0.05, 0) is 13.8 Å². The molecule has 1 aliphatic rings. The Balaban J connectivity index is 2.27. The predicted octanol–water partition coefficient (Wildman–Crippen LogP) is 0.276. The third-order valence-corrected chi connectivity index (χ3v) is 2.76. The lowest BCUT2D eigenvalue weighted by atomic mass is 9.96. The first kappa shape index (κ1) is 11.4. The molecule has 3 unspecified atom stereocenters. The van der Waals surface area contributed by atoms with E-state index in [1.807, 2.05) is 13.8 Å². The predicted molar refractivity (Wildman–Crippen MR) is 52.6 cm³/mol. The van der Waals surface area contributed by atoms with Crippen LogP contribution in [0.1, 0.15) is 20.3 Å². The third-order valence-electron chi connectivity index (χ3n) is 2.76. The first-order valence-electron chi connectivity index (χ1n) is 5.03. The van der Waals surface area contributed by atoms with E-state index < -0.39 is 5.60 Å². The number of hydrogen-bond acceptors (Lipinski definition) is 4. The average Bonchev–Trinajstić information content (AvgIpc) is 2.47. The number of hydrogen-bond donors (Lipinski definition) is 2. The molecule has 4 nitrogen and oxygen atoms in total. The zero-order valence-electron chi connectivity index (χ0n) is 8.79. The second-order valence-electron chi connectivity index (χ2n) is 4.03. The highest BCUT2D eigenvalue weighted by atomic mass is 16.5. The van der Waals surface area contributed by atoms with Gasteiger partial charge in [0, 0.05) is 26.1 Å². The van der Waals surface area contributed by atoms with E-state index in [0.29, 0.717) is 26.1 Å². The Bertz CT molecular complexity index is 227. The molecule has 1 rings (SSSR count). The molecular weight excluding hydrogens is 180 g/mol. The van der Waals surface area contributed by atoms with E-state index in [0.717, 1.165) is 0 Å². The largest absolute Gasteiger partial charge is 0.386 e. The fraction of sp³-hybridized carbons (Fsp3) is 0.900. The Kier molecular flexibility index (Phi) is 3.87. The molecular formula is C10H18N2O2. The van der Waals surface area contributed by atoms with Gasteiger partial charge in [-0.1, -0.05) is 0 Å². The molecule has 3 atom stereocenters. The third kappa shape index (κ3) is 2.68. The van der Waals surface area contributed by atoms with E-state index in [1.54, 1.807) is 0 Å². The minimum atomic E-state index is -0.755. The van der Waals surface area contributed by atoms with Crippen LogP contribution in [-0.2, 0) is 4.74 Å². The Morgan fingerprint density at radius 3 is 3.00 bits per heavy atom. The number of nitrogens with zero attached hydrogens (tertiary/aromatic N) is 1. The highest BCUT2D eigenvalue weighted by molar-refractivity contribution is 4.92. The van der Waals surface area contributed by atoms with Crippen LogP contribution in [0.15, 0.2) is 0 Å². The fourth-order valence-corrected chi connectivity index (χ4v) is 1.55. The molecule has 0 amide bonds. The van der Waals surface area contributed by atoms with Crippen molar-refractivity contribution in [3.63, 3.8) is 0 Å². The molecule has 2 N–H and O–H groups in total. The summed E-state index contributed by atoms with van der Waals surface area (Å²) in [7, 11) is 0. The van der Waals surface area contributed by atoms with Gasteiger partial charge in [0.2, 0.25) is 0 Å². The normalized spacial score (nSPS) is 34.0. The molecule has 1 saturated heterocycles. The summed E-state index contributed by atoms with van der Waals surface area (Å²) in [4.78, 5) is 0. The summed E-state index contributed by atoms with van der Waals surface area (Å²) < 4.78 is 5.30. The maximum absolute atomic E-state index is 10.1. The molecule has 80 valence electrons. The number of rotatable bonds is 4. The van der Waals surface area contributed by atoms with Crippen LogP contribution < -0.4 is 5.32 Å². The standard InChI is InChI=1S/C10H18N2O2/c1-8(5-11)6-12-7-10(13)3-4-14-9(10)2/h8-9,12-13H,3-4,6-7H2,1-2H3. The van der Waals surface area contributed by atoms with E-state index in [1.165, 1.54) is 0 Å². The van der Waals surface area contributed by atoms with E-state index in [4.69, 9.17) is 10.00 Å². The van der Waals surface area contributed by atoms with Gasteiger partial charge in [-0.25, -0.2) is 0 Å². The zero-order valence-corrected chi connectivity index (χ0v) is 8.79. The fourth-order valence-electron chi connectivity index (χ4n) is 1.55. The van der Waals surface area contributed by atoms with E-state index in [2.05, 4.69) is 11.4 Å². The summed E-state index contributed by atoms with van der Waals surface area (Å²) in [5.74, 6) is -0.0174. The quantitative estimate of drug-likeness (QED) is 0.681. The molecule has 1 fully saturated rings. The lowest BCUT2D eigenvalue weighted by molar-refractivity contribution is -0.0262. The second kappa shape index (κ2) is 4.74. The maximum atomic E-state index is 10.1. The van der Waals surface area contributed by atoms with Crippen molar-refractivity contribution in [2.24, 2.45) is 5.92 Å². The second-order valence-corrected chi connectivity index (χ2v) is 4.03. The SMILES string of the molecule is CC(C#N)CNCC1(O)CCOC1C. The van der Waals surface area contributed by atoms with Gasteiger partial charge in [0.15, 0.2) is 0 Å². The Morgan fingerprint density at radius 2 is 2.50 bits per heavy atom. The smallest absolute Gasteiger partial charge is 0.105 e. The van der Waals surface area contributed by atoms with E-state index >= 15 is 0 Å². The summed E-state index contributed by atoms with van der Waals surface area (Å²) in [6, 6.07) is 2.14. The molecule has 0 bridgehead atoms. The lowest BCUT2D eigenvalue weighted by Gasteiger charge is -2.26. The van der Waals surface area contributed by atoms with Crippen molar-refractivity contribution in [3.8, 4) is 6.07 Å². The number of nitriles is 1. The number of ether oxygens (including phenoxy) is 1.